The van der Waals surface area contributed by atoms with Crippen LogP contribution in [0.1, 0.15) is 62.0 Å². The van der Waals surface area contributed by atoms with Crippen LogP contribution in [0, 0.1) is 6.92 Å². The summed E-state index contributed by atoms with van der Waals surface area (Å²) in [5.41, 5.74) is 2.95. The van der Waals surface area contributed by atoms with E-state index < -0.39 is 0 Å². The fourth-order valence-corrected chi connectivity index (χ4v) is 2.63. The maximum absolute atomic E-state index is 2.33. The average molecular weight is 202 g/mol. The van der Waals surface area contributed by atoms with Gasteiger partial charge in [-0.3, -0.25) is 0 Å². The minimum Gasteiger partial charge on any atom is -0.0590 e. The summed E-state index contributed by atoms with van der Waals surface area (Å²) >= 11 is 0. The Balaban J connectivity index is 2.03. The van der Waals surface area contributed by atoms with Gasteiger partial charge in [0.25, 0.3) is 0 Å². The highest BCUT2D eigenvalue weighted by atomic mass is 14.2. The Kier molecular flexibility index (Phi) is 3.82. The Morgan fingerprint density at radius 2 is 1.33 bits per heavy atom. The van der Waals surface area contributed by atoms with E-state index in [2.05, 4.69) is 31.2 Å². The van der Waals surface area contributed by atoms with E-state index >= 15 is 0 Å². The number of hydrogen-bond acceptors (Lipinski definition) is 0. The van der Waals surface area contributed by atoms with Crippen LogP contribution in [0.5, 0.6) is 0 Å². The van der Waals surface area contributed by atoms with E-state index in [9.17, 15) is 0 Å². The third kappa shape index (κ3) is 3.09. The standard InChI is InChI=1S/C15H22/c1-13-9-11-15(12-10-13)14-7-5-3-2-4-6-8-14/h9-12,14H,2-8H2,1H3. The van der Waals surface area contributed by atoms with E-state index in [1.807, 2.05) is 0 Å². The van der Waals surface area contributed by atoms with E-state index in [-0.39, 0.29) is 0 Å². The summed E-state index contributed by atoms with van der Waals surface area (Å²) in [4.78, 5) is 0. The van der Waals surface area contributed by atoms with Crippen molar-refractivity contribution in [1.29, 1.82) is 0 Å². The lowest BCUT2D eigenvalue weighted by Gasteiger charge is -2.20. The Morgan fingerprint density at radius 1 is 0.800 bits per heavy atom. The van der Waals surface area contributed by atoms with Gasteiger partial charge >= 0.3 is 0 Å². The molecule has 1 aromatic carbocycles. The van der Waals surface area contributed by atoms with Gasteiger partial charge in [-0.05, 0) is 31.2 Å². The van der Waals surface area contributed by atoms with E-state index in [4.69, 9.17) is 0 Å². The van der Waals surface area contributed by atoms with E-state index in [0.717, 1.165) is 5.92 Å². The summed E-state index contributed by atoms with van der Waals surface area (Å²) in [6.07, 6.45) is 10.0. The zero-order valence-corrected chi connectivity index (χ0v) is 9.84. The zero-order chi connectivity index (χ0) is 10.5. The molecule has 82 valence electrons. The summed E-state index contributed by atoms with van der Waals surface area (Å²) in [6, 6.07) is 9.19. The van der Waals surface area contributed by atoms with E-state index in [0.29, 0.717) is 0 Å². The minimum atomic E-state index is 0.839. The summed E-state index contributed by atoms with van der Waals surface area (Å²) in [5, 5.41) is 0. The molecule has 0 heterocycles. The number of benzene rings is 1. The first-order valence-electron chi connectivity index (χ1n) is 6.43. The zero-order valence-electron chi connectivity index (χ0n) is 9.84. The van der Waals surface area contributed by atoms with Gasteiger partial charge in [0, 0.05) is 0 Å². The van der Waals surface area contributed by atoms with Crippen molar-refractivity contribution in [3.63, 3.8) is 0 Å². The molecule has 0 nitrogen and oxygen atoms in total. The highest BCUT2D eigenvalue weighted by Gasteiger charge is 2.12. The molecule has 1 saturated carbocycles. The maximum Gasteiger partial charge on any atom is -0.0162 e. The topological polar surface area (TPSA) is 0 Å². The molecular formula is C15H22. The Hall–Kier alpha value is -0.780. The van der Waals surface area contributed by atoms with Gasteiger partial charge in [-0.15, -0.1) is 0 Å². The van der Waals surface area contributed by atoms with Crippen molar-refractivity contribution in [2.75, 3.05) is 0 Å². The van der Waals surface area contributed by atoms with Crippen molar-refractivity contribution < 1.29 is 0 Å². The van der Waals surface area contributed by atoms with E-state index in [1.165, 1.54) is 50.5 Å². The van der Waals surface area contributed by atoms with Crippen molar-refractivity contribution >= 4 is 0 Å². The molecule has 0 amide bonds. The van der Waals surface area contributed by atoms with Crippen LogP contribution in [-0.2, 0) is 0 Å². The smallest absolute Gasteiger partial charge is 0.0162 e. The summed E-state index contributed by atoms with van der Waals surface area (Å²) in [5.74, 6) is 0.839. The molecule has 0 unspecified atom stereocenters. The molecule has 1 aliphatic rings. The molecule has 15 heavy (non-hydrogen) atoms. The van der Waals surface area contributed by atoms with Crippen LogP contribution in [0.25, 0.3) is 0 Å². The largest absolute Gasteiger partial charge is 0.0590 e. The molecular weight excluding hydrogens is 180 g/mol. The van der Waals surface area contributed by atoms with Gasteiger partial charge in [-0.2, -0.15) is 0 Å². The number of aryl methyl sites for hydroxylation is 1. The average Bonchev–Trinajstić information content (AvgIpc) is 2.19. The normalized spacial score (nSPS) is 19.5. The Labute approximate surface area is 93.7 Å². The van der Waals surface area contributed by atoms with Crippen LogP contribution in [0.3, 0.4) is 0 Å². The van der Waals surface area contributed by atoms with Gasteiger partial charge in [-0.25, -0.2) is 0 Å². The van der Waals surface area contributed by atoms with Crippen molar-refractivity contribution in [2.45, 2.75) is 57.8 Å². The molecule has 1 fully saturated rings. The first-order chi connectivity index (χ1) is 7.36. The summed E-state index contributed by atoms with van der Waals surface area (Å²) in [6.45, 7) is 2.17. The molecule has 0 N–H and O–H groups in total. The predicted molar refractivity (Wildman–Crippen MR) is 66.2 cm³/mol. The van der Waals surface area contributed by atoms with Crippen LogP contribution < -0.4 is 0 Å². The SMILES string of the molecule is Cc1ccc(C2CCCCCCC2)cc1. The summed E-state index contributed by atoms with van der Waals surface area (Å²) < 4.78 is 0. The van der Waals surface area contributed by atoms with E-state index in [1.54, 1.807) is 5.56 Å². The van der Waals surface area contributed by atoms with Crippen molar-refractivity contribution in [3.05, 3.63) is 35.4 Å². The molecule has 2 rings (SSSR count). The van der Waals surface area contributed by atoms with Gasteiger partial charge in [0.1, 0.15) is 0 Å². The minimum absolute atomic E-state index is 0.839. The van der Waals surface area contributed by atoms with Gasteiger partial charge < -0.3 is 0 Å². The van der Waals surface area contributed by atoms with Gasteiger partial charge in [0.05, 0.1) is 0 Å². The van der Waals surface area contributed by atoms with Crippen LogP contribution in [0.2, 0.25) is 0 Å². The van der Waals surface area contributed by atoms with Crippen molar-refractivity contribution in [2.24, 2.45) is 0 Å². The molecule has 0 radical (unpaired) electrons. The monoisotopic (exact) mass is 202 g/mol. The lowest BCUT2D eigenvalue weighted by atomic mass is 9.86. The molecule has 0 aliphatic heterocycles. The second kappa shape index (κ2) is 5.34. The van der Waals surface area contributed by atoms with Crippen LogP contribution >= 0.6 is 0 Å². The molecule has 0 saturated heterocycles. The molecule has 0 spiro atoms. The fraction of sp³-hybridized carbons (Fsp3) is 0.600. The van der Waals surface area contributed by atoms with Gasteiger partial charge in [0.2, 0.25) is 0 Å². The van der Waals surface area contributed by atoms with Gasteiger partial charge in [0.15, 0.2) is 0 Å². The molecule has 0 bridgehead atoms. The molecule has 0 aromatic heterocycles. The Morgan fingerprint density at radius 3 is 1.93 bits per heavy atom. The Bertz CT molecular complexity index is 275. The maximum atomic E-state index is 2.33. The van der Waals surface area contributed by atoms with Crippen LogP contribution in [0.4, 0.5) is 0 Å². The van der Waals surface area contributed by atoms with Crippen molar-refractivity contribution in [1.82, 2.24) is 0 Å². The molecule has 0 heteroatoms. The quantitative estimate of drug-likeness (QED) is 0.612. The highest BCUT2D eigenvalue weighted by molar-refractivity contribution is 5.24. The highest BCUT2D eigenvalue weighted by Crippen LogP contribution is 2.30. The second-order valence-corrected chi connectivity index (χ2v) is 4.95. The van der Waals surface area contributed by atoms with Crippen LogP contribution in [0.15, 0.2) is 24.3 Å². The molecule has 1 aromatic rings. The lowest BCUT2D eigenvalue weighted by Crippen LogP contribution is -2.02. The van der Waals surface area contributed by atoms with Gasteiger partial charge in [-0.1, -0.05) is 61.9 Å². The third-order valence-electron chi connectivity index (χ3n) is 3.65. The van der Waals surface area contributed by atoms with Crippen molar-refractivity contribution in [3.8, 4) is 0 Å². The first kappa shape index (κ1) is 10.7. The van der Waals surface area contributed by atoms with Crippen LogP contribution in [-0.4, -0.2) is 0 Å². The molecule has 1 aliphatic carbocycles. The predicted octanol–water partition coefficient (Wildman–Crippen LogP) is 4.82. The third-order valence-corrected chi connectivity index (χ3v) is 3.65. The number of hydrogen-bond donors (Lipinski definition) is 0. The second-order valence-electron chi connectivity index (χ2n) is 4.95. The number of rotatable bonds is 1. The summed E-state index contributed by atoms with van der Waals surface area (Å²) in [7, 11) is 0. The lowest BCUT2D eigenvalue weighted by molar-refractivity contribution is 0.455. The fourth-order valence-electron chi connectivity index (χ4n) is 2.63. The molecule has 0 atom stereocenters. The first-order valence-corrected chi connectivity index (χ1v) is 6.43.